The van der Waals surface area contributed by atoms with E-state index in [4.69, 9.17) is 14.2 Å². The van der Waals surface area contributed by atoms with E-state index in [-0.39, 0.29) is 11.3 Å². The molecule has 1 unspecified atom stereocenters. The highest BCUT2D eigenvalue weighted by atomic mass is 16.6. The van der Waals surface area contributed by atoms with Gasteiger partial charge in [-0.1, -0.05) is 24.3 Å². The number of carbonyl (C=O) groups is 2. The number of nitrogens with zero attached hydrogens (tertiary/aromatic N) is 1. The second kappa shape index (κ2) is 9.18. The fourth-order valence-corrected chi connectivity index (χ4v) is 4.48. The van der Waals surface area contributed by atoms with Crippen molar-refractivity contribution >= 4 is 23.1 Å². The molecule has 1 atom stereocenters. The number of aryl methyl sites for hydroxylation is 1. The summed E-state index contributed by atoms with van der Waals surface area (Å²) in [6.45, 7) is 5.10. The topological polar surface area (TPSA) is 85.3 Å². The number of Topliss-reactive ketones (excluding diaryl/α,β-unsaturated/α-hetero) is 1. The zero-order chi connectivity index (χ0) is 24.5. The molecule has 5 rings (SSSR count). The molecule has 0 saturated carbocycles. The molecule has 7 heteroatoms. The first kappa shape index (κ1) is 22.5. The summed E-state index contributed by atoms with van der Waals surface area (Å²) in [7, 11) is 0. The molecule has 3 aromatic rings. The Labute approximate surface area is 203 Å². The molecular weight excluding hydrogens is 446 g/mol. The van der Waals surface area contributed by atoms with Crippen LogP contribution in [0.1, 0.15) is 29.7 Å². The molecule has 0 radical (unpaired) electrons. The average molecular weight is 472 g/mol. The molecule has 0 spiro atoms. The molecule has 0 aliphatic carbocycles. The minimum absolute atomic E-state index is 0.00170. The molecule has 1 fully saturated rings. The predicted molar refractivity (Wildman–Crippen MR) is 131 cm³/mol. The van der Waals surface area contributed by atoms with Crippen molar-refractivity contribution in [1.29, 1.82) is 0 Å². The van der Waals surface area contributed by atoms with Crippen LogP contribution in [0.4, 0.5) is 5.69 Å². The Bertz CT molecular complexity index is 1340. The van der Waals surface area contributed by atoms with Crippen LogP contribution in [-0.4, -0.2) is 36.6 Å². The highest BCUT2D eigenvalue weighted by Crippen LogP contribution is 2.44. The lowest BCUT2D eigenvalue weighted by molar-refractivity contribution is -0.132. The largest absolute Gasteiger partial charge is 0.507 e. The summed E-state index contributed by atoms with van der Waals surface area (Å²) in [6, 6.07) is 18.7. The van der Waals surface area contributed by atoms with E-state index in [9.17, 15) is 14.7 Å². The molecule has 0 bridgehead atoms. The second-order valence-electron chi connectivity index (χ2n) is 8.37. The van der Waals surface area contributed by atoms with Gasteiger partial charge in [0.05, 0.1) is 18.2 Å². The number of hydrogen-bond donors (Lipinski definition) is 1. The Kier molecular flexibility index (Phi) is 5.91. The number of hydrogen-bond acceptors (Lipinski definition) is 6. The molecule has 35 heavy (non-hydrogen) atoms. The fourth-order valence-electron chi connectivity index (χ4n) is 4.48. The summed E-state index contributed by atoms with van der Waals surface area (Å²) in [5.74, 6) is -0.0919. The van der Waals surface area contributed by atoms with Crippen molar-refractivity contribution in [3.8, 4) is 17.2 Å². The Morgan fingerprint density at radius 3 is 2.54 bits per heavy atom. The van der Waals surface area contributed by atoms with Crippen molar-refractivity contribution in [2.75, 3.05) is 24.7 Å². The van der Waals surface area contributed by atoms with Gasteiger partial charge < -0.3 is 19.3 Å². The zero-order valence-corrected chi connectivity index (χ0v) is 19.5. The number of aliphatic hydroxyl groups excluding tert-OH is 1. The highest BCUT2D eigenvalue weighted by Gasteiger charge is 2.47. The summed E-state index contributed by atoms with van der Waals surface area (Å²) in [5.41, 5.74) is 2.53. The normalized spacial score (nSPS) is 18.6. The van der Waals surface area contributed by atoms with E-state index in [0.29, 0.717) is 53.9 Å². The van der Waals surface area contributed by atoms with Crippen molar-refractivity contribution in [3.05, 3.63) is 89.0 Å². The van der Waals surface area contributed by atoms with Crippen molar-refractivity contribution in [2.45, 2.75) is 19.9 Å². The Balaban J connectivity index is 1.69. The molecule has 2 aliphatic heterocycles. The first-order valence-corrected chi connectivity index (χ1v) is 11.5. The molecule has 1 saturated heterocycles. The molecule has 2 heterocycles. The van der Waals surface area contributed by atoms with Crippen LogP contribution < -0.4 is 19.1 Å². The van der Waals surface area contributed by atoms with Gasteiger partial charge in [0.25, 0.3) is 11.7 Å². The lowest BCUT2D eigenvalue weighted by atomic mass is 9.94. The number of aliphatic hydroxyl groups is 1. The van der Waals surface area contributed by atoms with Gasteiger partial charge in [0.2, 0.25) is 0 Å². The quantitative estimate of drug-likeness (QED) is 0.327. The smallest absolute Gasteiger partial charge is 0.300 e. The fraction of sp³-hybridized carbons (Fsp3) is 0.214. The molecule has 1 amide bonds. The third-order valence-corrected chi connectivity index (χ3v) is 6.02. The summed E-state index contributed by atoms with van der Waals surface area (Å²) in [6.07, 6.45) is 0. The monoisotopic (exact) mass is 471 g/mol. The SMILES string of the molecule is CCOc1cccc(C2/C(=C(/O)c3ccc4c(c3)OCCO4)C(=O)C(=O)N2c2cccc(C)c2)c1. The summed E-state index contributed by atoms with van der Waals surface area (Å²) < 4.78 is 16.9. The van der Waals surface area contributed by atoms with Gasteiger partial charge in [0.1, 0.15) is 24.7 Å². The number of rotatable bonds is 5. The van der Waals surface area contributed by atoms with Crippen LogP contribution in [0.2, 0.25) is 0 Å². The van der Waals surface area contributed by atoms with Crippen LogP contribution in [0.15, 0.2) is 72.3 Å². The number of ketones is 1. The molecule has 178 valence electrons. The second-order valence-corrected chi connectivity index (χ2v) is 8.37. The maximum absolute atomic E-state index is 13.4. The zero-order valence-electron chi connectivity index (χ0n) is 19.5. The van der Waals surface area contributed by atoms with E-state index in [0.717, 1.165) is 5.56 Å². The van der Waals surface area contributed by atoms with Crippen LogP contribution in [-0.2, 0) is 9.59 Å². The van der Waals surface area contributed by atoms with Crippen LogP contribution in [0.5, 0.6) is 17.2 Å². The van der Waals surface area contributed by atoms with Crippen molar-refractivity contribution in [2.24, 2.45) is 0 Å². The molecule has 0 aromatic heterocycles. The van der Waals surface area contributed by atoms with Crippen molar-refractivity contribution < 1.29 is 28.9 Å². The summed E-state index contributed by atoms with van der Waals surface area (Å²) in [4.78, 5) is 28.2. The molecular formula is C28H25NO6. The average Bonchev–Trinajstić information content (AvgIpc) is 3.14. The van der Waals surface area contributed by atoms with Gasteiger partial charge in [-0.2, -0.15) is 0 Å². The number of ether oxygens (including phenoxy) is 3. The van der Waals surface area contributed by atoms with Gasteiger partial charge in [-0.25, -0.2) is 0 Å². The first-order valence-electron chi connectivity index (χ1n) is 11.5. The minimum atomic E-state index is -0.842. The van der Waals surface area contributed by atoms with Crippen molar-refractivity contribution in [3.63, 3.8) is 0 Å². The molecule has 7 nitrogen and oxygen atoms in total. The third kappa shape index (κ3) is 4.10. The molecule has 3 aromatic carbocycles. The van der Waals surface area contributed by atoms with Crippen molar-refractivity contribution in [1.82, 2.24) is 0 Å². The van der Waals surface area contributed by atoms with Gasteiger partial charge in [-0.15, -0.1) is 0 Å². The van der Waals surface area contributed by atoms with Gasteiger partial charge in [-0.05, 0) is 67.4 Å². The number of benzene rings is 3. The summed E-state index contributed by atoms with van der Waals surface area (Å²) in [5, 5.41) is 11.4. The van der Waals surface area contributed by atoms with Gasteiger partial charge in [0, 0.05) is 11.3 Å². The van der Waals surface area contributed by atoms with Crippen LogP contribution in [0, 0.1) is 6.92 Å². The standard InChI is InChI=1S/C28H25NO6/c1-3-33-21-9-5-7-18(15-21)25-24(26(30)19-10-11-22-23(16-19)35-13-12-34-22)27(31)28(32)29(25)20-8-4-6-17(2)14-20/h4-11,14-16,25,30H,3,12-13H2,1-2H3/b26-24-. The van der Waals surface area contributed by atoms with E-state index in [2.05, 4.69) is 0 Å². The predicted octanol–water partition coefficient (Wildman–Crippen LogP) is 4.79. The molecule has 2 aliphatic rings. The van der Waals surface area contributed by atoms with E-state index in [1.807, 2.05) is 44.2 Å². The lowest BCUT2D eigenvalue weighted by Crippen LogP contribution is -2.29. The van der Waals surface area contributed by atoms with Gasteiger partial charge in [-0.3, -0.25) is 14.5 Å². The van der Waals surface area contributed by atoms with Crippen LogP contribution >= 0.6 is 0 Å². The van der Waals surface area contributed by atoms with Crippen LogP contribution in [0.3, 0.4) is 0 Å². The summed E-state index contributed by atoms with van der Waals surface area (Å²) >= 11 is 0. The number of anilines is 1. The Morgan fingerprint density at radius 2 is 1.77 bits per heavy atom. The first-order chi connectivity index (χ1) is 17.0. The van der Waals surface area contributed by atoms with E-state index in [1.165, 1.54) is 4.90 Å². The van der Waals surface area contributed by atoms with Crippen LogP contribution in [0.25, 0.3) is 5.76 Å². The Morgan fingerprint density at radius 1 is 1.00 bits per heavy atom. The number of fused-ring (bicyclic) bond motifs is 1. The van der Waals surface area contributed by atoms with E-state index < -0.39 is 17.7 Å². The Hall–Kier alpha value is -4.26. The van der Waals surface area contributed by atoms with E-state index in [1.54, 1.807) is 36.4 Å². The van der Waals surface area contributed by atoms with E-state index >= 15 is 0 Å². The molecule has 1 N–H and O–H groups in total. The number of amides is 1. The third-order valence-electron chi connectivity index (χ3n) is 6.02. The number of carbonyl (C=O) groups excluding carboxylic acids is 2. The lowest BCUT2D eigenvalue weighted by Gasteiger charge is -2.26. The maximum Gasteiger partial charge on any atom is 0.300 e. The van der Waals surface area contributed by atoms with Gasteiger partial charge >= 0.3 is 0 Å². The highest BCUT2D eigenvalue weighted by molar-refractivity contribution is 6.51. The minimum Gasteiger partial charge on any atom is -0.507 e. The van der Waals surface area contributed by atoms with Gasteiger partial charge in [0.15, 0.2) is 11.5 Å². The maximum atomic E-state index is 13.4.